The van der Waals surface area contributed by atoms with Crippen LogP contribution in [0.3, 0.4) is 0 Å². The SMILES string of the molecule is CN1/C(=C2\C=NN(c3ccccc3)[P@@]2(=Nc2ccc([N+](=O)[O-])cc2Br)N2CCCC2)C(C)(C)c2ccccc21. The molecule has 0 aromatic heterocycles. The number of non-ortho nitro benzene ring substituents is 1. The summed E-state index contributed by atoms with van der Waals surface area (Å²) < 4.78 is 10.8. The Labute approximate surface area is 237 Å². The van der Waals surface area contributed by atoms with Crippen molar-refractivity contribution >= 4 is 52.2 Å². The van der Waals surface area contributed by atoms with Gasteiger partial charge in [-0.25, -0.2) is 14.2 Å². The summed E-state index contributed by atoms with van der Waals surface area (Å²) in [6.07, 6.45) is 4.19. The molecule has 3 aliphatic rings. The van der Waals surface area contributed by atoms with Gasteiger partial charge in [-0.05, 0) is 58.6 Å². The minimum atomic E-state index is -2.71. The molecule has 0 N–H and O–H groups in total. The van der Waals surface area contributed by atoms with E-state index in [9.17, 15) is 10.1 Å². The number of hydrogen-bond acceptors (Lipinski definition) is 5. The fourth-order valence-corrected chi connectivity index (χ4v) is 10.6. The van der Waals surface area contributed by atoms with Crippen molar-refractivity contribution in [1.29, 1.82) is 0 Å². The molecule has 3 heterocycles. The predicted molar refractivity (Wildman–Crippen MR) is 163 cm³/mol. The van der Waals surface area contributed by atoms with Gasteiger partial charge in [0.15, 0.2) is 7.36 Å². The summed E-state index contributed by atoms with van der Waals surface area (Å²) in [7, 11) is -0.577. The Hall–Kier alpha value is -3.26. The highest BCUT2D eigenvalue weighted by Crippen LogP contribution is 2.71. The molecule has 0 aliphatic carbocycles. The van der Waals surface area contributed by atoms with Crippen molar-refractivity contribution < 1.29 is 4.92 Å². The van der Waals surface area contributed by atoms with Crippen LogP contribution < -0.4 is 9.68 Å². The van der Waals surface area contributed by atoms with Crippen LogP contribution in [-0.2, 0) is 5.41 Å². The summed E-state index contributed by atoms with van der Waals surface area (Å²) in [5.74, 6) is 0. The van der Waals surface area contributed by atoms with Gasteiger partial charge >= 0.3 is 0 Å². The van der Waals surface area contributed by atoms with E-state index in [2.05, 4.69) is 87.6 Å². The van der Waals surface area contributed by atoms with Gasteiger partial charge in [0.1, 0.15) is 0 Å². The topological polar surface area (TPSA) is 77.6 Å². The van der Waals surface area contributed by atoms with Crippen LogP contribution in [-0.4, -0.2) is 35.9 Å². The second-order valence-electron chi connectivity index (χ2n) is 10.5. The molecular formula is C29H30BrN6O2P. The Balaban J connectivity index is 1.69. The average Bonchev–Trinajstić information content (AvgIpc) is 3.63. The lowest BCUT2D eigenvalue weighted by molar-refractivity contribution is -0.384. The van der Waals surface area contributed by atoms with Gasteiger partial charge in [-0.2, -0.15) is 5.10 Å². The first-order valence-electron chi connectivity index (χ1n) is 13.0. The maximum Gasteiger partial charge on any atom is 0.270 e. The van der Waals surface area contributed by atoms with E-state index in [0.717, 1.165) is 36.9 Å². The monoisotopic (exact) mass is 604 g/mol. The zero-order valence-electron chi connectivity index (χ0n) is 22.2. The molecule has 0 radical (unpaired) electrons. The Kier molecular flexibility index (Phi) is 6.49. The molecule has 3 aromatic rings. The molecule has 3 aromatic carbocycles. The Morgan fingerprint density at radius 3 is 2.38 bits per heavy atom. The fourth-order valence-electron chi connectivity index (χ4n) is 6.06. The van der Waals surface area contributed by atoms with Gasteiger partial charge in [-0.15, -0.1) is 0 Å². The molecule has 6 rings (SSSR count). The summed E-state index contributed by atoms with van der Waals surface area (Å²) in [6.45, 7) is 6.36. The van der Waals surface area contributed by atoms with Crippen molar-refractivity contribution in [2.45, 2.75) is 32.1 Å². The number of fused-ring (bicyclic) bond motifs is 1. The summed E-state index contributed by atoms with van der Waals surface area (Å²) in [6, 6.07) is 23.6. The number of rotatable bonds is 4. The third-order valence-electron chi connectivity index (χ3n) is 7.84. The second kappa shape index (κ2) is 9.73. The van der Waals surface area contributed by atoms with E-state index in [1.165, 1.54) is 29.1 Å². The number of hydrogen-bond donors (Lipinski definition) is 0. The molecule has 1 saturated heterocycles. The van der Waals surface area contributed by atoms with Crippen molar-refractivity contribution in [3.63, 3.8) is 0 Å². The van der Waals surface area contributed by atoms with Gasteiger partial charge in [0.25, 0.3) is 5.69 Å². The number of hydrazone groups is 1. The van der Waals surface area contributed by atoms with Crippen LogP contribution in [0.1, 0.15) is 32.3 Å². The van der Waals surface area contributed by atoms with E-state index >= 15 is 0 Å². The lowest BCUT2D eigenvalue weighted by atomic mass is 9.84. The predicted octanol–water partition coefficient (Wildman–Crippen LogP) is 8.26. The molecule has 0 saturated carbocycles. The lowest BCUT2D eigenvalue weighted by Crippen LogP contribution is -2.30. The third kappa shape index (κ3) is 4.06. The Morgan fingerprint density at radius 2 is 1.72 bits per heavy atom. The van der Waals surface area contributed by atoms with Gasteiger partial charge < -0.3 is 4.90 Å². The number of likely N-dealkylation sites (N-methyl/N-ethyl adjacent to an activating group) is 1. The van der Waals surface area contributed by atoms with Gasteiger partial charge in [0.2, 0.25) is 0 Å². The van der Waals surface area contributed by atoms with Crippen LogP contribution in [0.2, 0.25) is 0 Å². The molecule has 8 nitrogen and oxygen atoms in total. The summed E-state index contributed by atoms with van der Waals surface area (Å²) in [5.41, 5.74) is 5.07. The molecule has 10 heteroatoms. The van der Waals surface area contributed by atoms with Crippen LogP contribution in [0, 0.1) is 10.1 Å². The third-order valence-corrected chi connectivity index (χ3v) is 12.0. The van der Waals surface area contributed by atoms with Crippen molar-refractivity contribution in [3.05, 3.63) is 104 Å². The van der Waals surface area contributed by atoms with Crippen LogP contribution in [0.5, 0.6) is 0 Å². The smallest absolute Gasteiger partial charge is 0.270 e. The summed E-state index contributed by atoms with van der Waals surface area (Å²) in [4.78, 5) is 13.4. The maximum absolute atomic E-state index is 11.5. The molecule has 39 heavy (non-hydrogen) atoms. The molecule has 1 fully saturated rings. The first-order valence-corrected chi connectivity index (χ1v) is 15.5. The number of allylic oxidation sites excluding steroid dienone is 2. The van der Waals surface area contributed by atoms with Gasteiger partial charge in [-0.3, -0.25) is 10.1 Å². The number of para-hydroxylation sites is 2. The van der Waals surface area contributed by atoms with Crippen molar-refractivity contribution in [3.8, 4) is 0 Å². The van der Waals surface area contributed by atoms with Crippen LogP contribution in [0.15, 0.2) is 98.1 Å². The average molecular weight is 605 g/mol. The van der Waals surface area contributed by atoms with E-state index in [0.29, 0.717) is 10.2 Å². The van der Waals surface area contributed by atoms with Gasteiger partial charge in [0.05, 0.1) is 32.3 Å². The first kappa shape index (κ1) is 26.0. The van der Waals surface area contributed by atoms with E-state index in [1.54, 1.807) is 6.07 Å². The Bertz CT molecular complexity index is 1580. The lowest BCUT2D eigenvalue weighted by Gasteiger charge is -2.39. The van der Waals surface area contributed by atoms with E-state index < -0.39 is 7.36 Å². The fraction of sp³-hybridized carbons (Fsp3) is 0.276. The Morgan fingerprint density at radius 1 is 1.03 bits per heavy atom. The zero-order chi connectivity index (χ0) is 27.4. The minimum Gasteiger partial charge on any atom is -0.346 e. The molecule has 1 atom stereocenters. The van der Waals surface area contributed by atoms with E-state index in [1.807, 2.05) is 24.4 Å². The first-order chi connectivity index (χ1) is 18.7. The summed E-state index contributed by atoms with van der Waals surface area (Å²) in [5, 5.41) is 17.7. The van der Waals surface area contributed by atoms with Crippen molar-refractivity contribution in [1.82, 2.24) is 4.67 Å². The van der Waals surface area contributed by atoms with Gasteiger partial charge in [0, 0.05) is 49.1 Å². The van der Waals surface area contributed by atoms with Crippen molar-refractivity contribution in [2.24, 2.45) is 9.85 Å². The molecule has 0 bridgehead atoms. The molecule has 0 spiro atoms. The second-order valence-corrected chi connectivity index (χ2v) is 14.1. The quantitative estimate of drug-likeness (QED) is 0.170. The van der Waals surface area contributed by atoms with Crippen LogP contribution in [0.25, 0.3) is 0 Å². The standard InChI is InChI=1S/C29H30BrN6O2P/c1-29(2)23-13-7-8-14-26(23)33(3)28(29)27-20-31-35(21-11-5-4-6-12-21)39(27,34-17-9-10-18-34)32-25-16-15-22(36(37)38)19-24(25)30/h4-8,11-16,19-20H,9-10,17-18H2,1-3H3/b28-27+/t39-/m0/s1. The maximum atomic E-state index is 11.5. The van der Waals surface area contributed by atoms with Crippen molar-refractivity contribution in [2.75, 3.05) is 29.8 Å². The normalized spacial score (nSPS) is 23.9. The number of nitro groups is 1. The zero-order valence-corrected chi connectivity index (χ0v) is 24.6. The van der Waals surface area contributed by atoms with Crippen LogP contribution in [0.4, 0.5) is 22.7 Å². The molecule has 0 amide bonds. The number of nitro benzene ring substituents is 1. The highest BCUT2D eigenvalue weighted by molar-refractivity contribution is 9.10. The minimum absolute atomic E-state index is 0.0302. The van der Waals surface area contributed by atoms with E-state index in [-0.39, 0.29) is 16.0 Å². The summed E-state index contributed by atoms with van der Waals surface area (Å²) >= 11 is 3.61. The number of benzene rings is 3. The molecule has 3 aliphatic heterocycles. The highest BCUT2D eigenvalue weighted by atomic mass is 79.9. The van der Waals surface area contributed by atoms with E-state index in [4.69, 9.17) is 9.85 Å². The molecule has 200 valence electrons. The number of nitrogens with zero attached hydrogens (tertiary/aromatic N) is 6. The largest absolute Gasteiger partial charge is 0.346 e. The highest BCUT2D eigenvalue weighted by Gasteiger charge is 2.50. The van der Waals surface area contributed by atoms with Gasteiger partial charge in [-0.1, -0.05) is 50.2 Å². The number of halogens is 1. The number of anilines is 2. The molecule has 0 unspecified atom stereocenters. The van der Waals surface area contributed by atoms with Crippen LogP contribution >= 0.6 is 23.3 Å². The molecular weight excluding hydrogens is 575 g/mol.